The summed E-state index contributed by atoms with van der Waals surface area (Å²) in [5.41, 5.74) is 7.85. The summed E-state index contributed by atoms with van der Waals surface area (Å²) in [6.07, 6.45) is 5.09. The van der Waals surface area contributed by atoms with Crippen LogP contribution in [0.2, 0.25) is 0 Å². The second-order valence-electron chi connectivity index (χ2n) is 5.50. The maximum absolute atomic E-state index is 11.9. The average Bonchev–Trinajstić information content (AvgIpc) is 3.22. The molecular weight excluding hydrogens is 320 g/mol. The number of nitrogens with zero attached hydrogens (tertiary/aromatic N) is 4. The molecule has 1 aliphatic heterocycles. The van der Waals surface area contributed by atoms with E-state index in [1.807, 2.05) is 16.7 Å². The van der Waals surface area contributed by atoms with Crippen molar-refractivity contribution in [3.05, 3.63) is 55.0 Å². The van der Waals surface area contributed by atoms with Gasteiger partial charge in [-0.2, -0.15) is 0 Å². The van der Waals surface area contributed by atoms with E-state index in [9.17, 15) is 9.59 Å². The number of nitrogen functional groups attached to an aromatic ring is 1. The largest absolute Gasteiger partial charge is 0.384 e. The molecule has 1 aliphatic rings. The first-order valence-corrected chi connectivity index (χ1v) is 7.60. The summed E-state index contributed by atoms with van der Waals surface area (Å²) in [7, 11) is 0. The Morgan fingerprint density at radius 3 is 2.64 bits per heavy atom. The lowest BCUT2D eigenvalue weighted by molar-refractivity contribution is -0.115. The zero-order valence-electron chi connectivity index (χ0n) is 13.1. The summed E-state index contributed by atoms with van der Waals surface area (Å²) in [5.74, 6) is 0.804. The summed E-state index contributed by atoms with van der Waals surface area (Å²) >= 11 is 0. The van der Waals surface area contributed by atoms with Crippen LogP contribution in [-0.4, -0.2) is 33.0 Å². The first-order chi connectivity index (χ1) is 12.1. The molecule has 0 atom stereocenters. The predicted molar refractivity (Wildman–Crippen MR) is 92.1 cm³/mol. The first-order valence-electron chi connectivity index (χ1n) is 7.60. The molecule has 3 heterocycles. The van der Waals surface area contributed by atoms with E-state index < -0.39 is 6.03 Å². The molecule has 4 rings (SSSR count). The van der Waals surface area contributed by atoms with Gasteiger partial charge < -0.3 is 11.1 Å². The van der Waals surface area contributed by atoms with E-state index in [1.165, 1.54) is 0 Å². The summed E-state index contributed by atoms with van der Waals surface area (Å²) < 4.78 is 1.86. The Morgan fingerprint density at radius 1 is 1.04 bits per heavy atom. The van der Waals surface area contributed by atoms with Gasteiger partial charge in [-0.05, 0) is 30.3 Å². The third-order valence-electron chi connectivity index (χ3n) is 3.89. The molecular formula is C17H14N6O2. The molecule has 3 amide bonds. The Bertz CT molecular complexity index is 965. The highest BCUT2D eigenvalue weighted by molar-refractivity contribution is 6.19. The minimum atomic E-state index is -0.421. The lowest BCUT2D eigenvalue weighted by Gasteiger charge is -2.15. The van der Waals surface area contributed by atoms with Crippen LogP contribution in [0, 0.1) is 0 Å². The summed E-state index contributed by atoms with van der Waals surface area (Å²) in [6.45, 7) is 0.00960. The van der Waals surface area contributed by atoms with Crippen molar-refractivity contribution in [2.24, 2.45) is 0 Å². The third-order valence-corrected chi connectivity index (χ3v) is 3.89. The van der Waals surface area contributed by atoms with Crippen molar-refractivity contribution < 1.29 is 9.59 Å². The second-order valence-corrected chi connectivity index (χ2v) is 5.50. The number of anilines is 2. The van der Waals surface area contributed by atoms with Gasteiger partial charge in [0.25, 0.3) is 5.91 Å². The molecule has 0 saturated carbocycles. The number of hydrogen-bond acceptors (Lipinski definition) is 5. The van der Waals surface area contributed by atoms with Gasteiger partial charge in [-0.15, -0.1) is 0 Å². The summed E-state index contributed by atoms with van der Waals surface area (Å²) in [4.78, 5) is 33.3. The average molecular weight is 334 g/mol. The summed E-state index contributed by atoms with van der Waals surface area (Å²) in [6, 6.07) is 10.3. The van der Waals surface area contributed by atoms with Crippen molar-refractivity contribution in [2.75, 3.05) is 17.2 Å². The molecule has 1 aromatic carbocycles. The van der Waals surface area contributed by atoms with Gasteiger partial charge >= 0.3 is 6.03 Å². The molecule has 0 spiro atoms. The third kappa shape index (κ3) is 2.59. The number of aromatic nitrogens is 3. The van der Waals surface area contributed by atoms with Crippen molar-refractivity contribution in [3.8, 4) is 17.1 Å². The molecule has 3 N–H and O–H groups in total. The van der Waals surface area contributed by atoms with Crippen molar-refractivity contribution in [2.45, 2.75) is 0 Å². The maximum atomic E-state index is 11.9. The number of nitrogens with one attached hydrogen (secondary N) is 1. The number of urea groups is 1. The number of amides is 3. The number of imide groups is 1. The first kappa shape index (κ1) is 14.9. The van der Waals surface area contributed by atoms with Gasteiger partial charge in [-0.3, -0.25) is 9.36 Å². The Kier molecular flexibility index (Phi) is 3.42. The highest BCUT2D eigenvalue weighted by Gasteiger charge is 2.30. The normalized spacial score (nSPS) is 14.0. The van der Waals surface area contributed by atoms with E-state index in [-0.39, 0.29) is 12.5 Å². The number of carbonyl (C=O) groups excluding carboxylic acids is 2. The highest BCUT2D eigenvalue weighted by atomic mass is 16.2. The van der Waals surface area contributed by atoms with Gasteiger partial charge in [-0.1, -0.05) is 6.07 Å². The van der Waals surface area contributed by atoms with E-state index in [0.29, 0.717) is 17.3 Å². The Hall–Kier alpha value is -3.68. The molecule has 1 saturated heterocycles. The van der Waals surface area contributed by atoms with Crippen LogP contribution in [0.3, 0.4) is 0 Å². The van der Waals surface area contributed by atoms with Crippen molar-refractivity contribution >= 4 is 23.4 Å². The van der Waals surface area contributed by atoms with Gasteiger partial charge in [-0.25, -0.2) is 19.7 Å². The van der Waals surface area contributed by atoms with E-state index in [4.69, 9.17) is 5.73 Å². The number of hydrogen-bond donors (Lipinski definition) is 2. The Labute approximate surface area is 142 Å². The molecule has 0 bridgehead atoms. The van der Waals surface area contributed by atoms with Gasteiger partial charge in [0.05, 0.1) is 12.2 Å². The minimum Gasteiger partial charge on any atom is -0.384 e. The van der Waals surface area contributed by atoms with E-state index in [0.717, 1.165) is 16.2 Å². The molecule has 0 unspecified atom stereocenters. The Morgan fingerprint density at radius 2 is 1.88 bits per heavy atom. The monoisotopic (exact) mass is 334 g/mol. The fourth-order valence-corrected chi connectivity index (χ4v) is 2.78. The molecule has 124 valence electrons. The number of carbonyl (C=O) groups is 2. The summed E-state index contributed by atoms with van der Waals surface area (Å²) in [5, 5.41) is 2.51. The van der Waals surface area contributed by atoms with Crippen molar-refractivity contribution in [3.63, 3.8) is 0 Å². The molecule has 2 aromatic heterocycles. The zero-order chi connectivity index (χ0) is 17.4. The van der Waals surface area contributed by atoms with Gasteiger partial charge in [0.2, 0.25) is 0 Å². The van der Waals surface area contributed by atoms with Gasteiger partial charge in [0, 0.05) is 29.8 Å². The maximum Gasteiger partial charge on any atom is 0.329 e. The SMILES string of the molecule is Nc1cc(-c2nccn2-c2cccc(N3C(=O)CNC3=O)c2)ccn1. The molecule has 1 fully saturated rings. The van der Waals surface area contributed by atoms with Crippen LogP contribution >= 0.6 is 0 Å². The molecule has 0 radical (unpaired) electrons. The van der Waals surface area contributed by atoms with Crippen LogP contribution in [-0.2, 0) is 4.79 Å². The Balaban J connectivity index is 1.77. The van der Waals surface area contributed by atoms with Crippen LogP contribution in [0.25, 0.3) is 17.1 Å². The standard InChI is InChI=1S/C17H14N6O2/c18-14-8-11(4-5-19-14)16-20-6-7-22(16)12-2-1-3-13(9-12)23-15(24)10-21-17(23)25/h1-9H,10H2,(H2,18,19)(H,21,25). The molecule has 8 nitrogen and oxygen atoms in total. The van der Waals surface area contributed by atoms with E-state index in [1.54, 1.807) is 42.9 Å². The van der Waals surface area contributed by atoms with Crippen LogP contribution in [0.4, 0.5) is 16.3 Å². The van der Waals surface area contributed by atoms with Crippen LogP contribution < -0.4 is 16.0 Å². The lowest BCUT2D eigenvalue weighted by Crippen LogP contribution is -2.30. The van der Waals surface area contributed by atoms with Gasteiger partial charge in [0.15, 0.2) is 0 Å². The smallest absolute Gasteiger partial charge is 0.329 e. The molecule has 0 aliphatic carbocycles. The van der Waals surface area contributed by atoms with E-state index in [2.05, 4.69) is 15.3 Å². The zero-order valence-corrected chi connectivity index (χ0v) is 13.1. The second kappa shape index (κ2) is 5.75. The molecule has 25 heavy (non-hydrogen) atoms. The van der Waals surface area contributed by atoms with E-state index >= 15 is 0 Å². The fourth-order valence-electron chi connectivity index (χ4n) is 2.78. The van der Waals surface area contributed by atoms with Crippen molar-refractivity contribution in [1.82, 2.24) is 19.9 Å². The topological polar surface area (TPSA) is 106 Å². The fraction of sp³-hybridized carbons (Fsp3) is 0.0588. The minimum absolute atomic E-state index is 0.00960. The lowest BCUT2D eigenvalue weighted by atomic mass is 10.2. The predicted octanol–water partition coefficient (Wildman–Crippen LogP) is 1.57. The van der Waals surface area contributed by atoms with Crippen molar-refractivity contribution in [1.29, 1.82) is 0 Å². The number of pyridine rings is 1. The quantitative estimate of drug-likeness (QED) is 0.707. The van der Waals surface area contributed by atoms with Crippen LogP contribution in [0.1, 0.15) is 0 Å². The molecule has 8 heteroatoms. The highest BCUT2D eigenvalue weighted by Crippen LogP contribution is 2.25. The van der Waals surface area contributed by atoms with Crippen LogP contribution in [0.15, 0.2) is 55.0 Å². The number of imidazole rings is 1. The van der Waals surface area contributed by atoms with Gasteiger partial charge in [0.1, 0.15) is 11.6 Å². The van der Waals surface area contributed by atoms with Crippen LogP contribution in [0.5, 0.6) is 0 Å². The number of benzene rings is 1. The molecule has 3 aromatic rings. The number of rotatable bonds is 3. The number of nitrogens with two attached hydrogens (primary N) is 1.